The van der Waals surface area contributed by atoms with Crippen molar-refractivity contribution in [1.82, 2.24) is 4.57 Å². The molecule has 0 atom stereocenters. The maximum Gasteiger partial charge on any atom is 0.0538 e. The van der Waals surface area contributed by atoms with Gasteiger partial charge in [0.2, 0.25) is 0 Å². The summed E-state index contributed by atoms with van der Waals surface area (Å²) in [6.07, 6.45) is 4.53. The predicted molar refractivity (Wildman–Crippen MR) is 192 cm³/mol. The average molecular weight is 578 g/mol. The smallest absolute Gasteiger partial charge is 0.0538 e. The van der Waals surface area contributed by atoms with Crippen LogP contribution in [-0.4, -0.2) is 4.57 Å². The predicted octanol–water partition coefficient (Wildman–Crippen LogP) is 12.0. The normalized spacial score (nSPS) is 12.6. The van der Waals surface area contributed by atoms with Crippen LogP contribution in [0.15, 0.2) is 151 Å². The first-order chi connectivity index (χ1) is 22.1. The molecule has 1 aliphatic rings. The third-order valence-corrected chi connectivity index (χ3v) is 9.30. The molecule has 0 fully saturated rings. The Morgan fingerprint density at radius 3 is 1.78 bits per heavy atom. The van der Waals surface area contributed by atoms with Gasteiger partial charge in [0, 0.05) is 22.3 Å². The van der Waals surface area contributed by atoms with Gasteiger partial charge in [-0.3, -0.25) is 0 Å². The van der Waals surface area contributed by atoms with E-state index < -0.39 is 0 Å². The highest BCUT2D eigenvalue weighted by Gasteiger charge is 2.22. The Morgan fingerprint density at radius 1 is 0.467 bits per heavy atom. The molecule has 0 unspecified atom stereocenters. The van der Waals surface area contributed by atoms with Crippen LogP contribution in [0.5, 0.6) is 0 Å². The maximum absolute atomic E-state index is 2.53. The zero-order valence-electron chi connectivity index (χ0n) is 25.8. The van der Waals surface area contributed by atoms with Crippen molar-refractivity contribution in [3.05, 3.63) is 168 Å². The summed E-state index contributed by atoms with van der Waals surface area (Å²) in [5.41, 5.74) is 17.9. The minimum atomic E-state index is 1.03. The number of hydrogen-bond acceptors (Lipinski definition) is 0. The Bertz CT molecular complexity index is 2160. The average Bonchev–Trinajstić information content (AvgIpc) is 3.42. The molecule has 0 saturated heterocycles. The van der Waals surface area contributed by atoms with Crippen LogP contribution in [-0.2, 0) is 6.42 Å². The minimum Gasteiger partial charge on any atom is -0.313 e. The summed E-state index contributed by atoms with van der Waals surface area (Å²) in [6.45, 7) is 4.46. The number of nitrogens with zero attached hydrogens (tertiary/aromatic N) is 1. The van der Waals surface area contributed by atoms with Crippen molar-refractivity contribution in [3.8, 4) is 50.2 Å². The standard InChI is InChI=1S/C44H35N/c1-30-20-22-43-41(24-30)42-29-35(34-17-11-18-36(25-34)40-19-10-9-12-31(40)2)21-23-44(42)45(43)39-27-37(32-13-5-3-6-14-32)26-38(28-39)33-15-7-4-8-16-33/h3-19,21,23-29H,20,22H2,1-2H3. The number of aryl methyl sites for hydroxylation is 1. The van der Waals surface area contributed by atoms with Gasteiger partial charge in [-0.25, -0.2) is 0 Å². The monoisotopic (exact) mass is 577 g/mol. The summed E-state index contributed by atoms with van der Waals surface area (Å²) in [6, 6.07) is 53.3. The number of fused-ring (bicyclic) bond motifs is 3. The fourth-order valence-electron chi connectivity index (χ4n) is 6.98. The molecule has 45 heavy (non-hydrogen) atoms. The van der Waals surface area contributed by atoms with Gasteiger partial charge in [0.25, 0.3) is 0 Å². The van der Waals surface area contributed by atoms with Gasteiger partial charge in [-0.1, -0.05) is 121 Å². The Balaban J connectivity index is 1.33. The van der Waals surface area contributed by atoms with Gasteiger partial charge in [-0.05, 0) is 113 Å². The Hall–Kier alpha value is -5.40. The van der Waals surface area contributed by atoms with E-state index in [0.717, 1.165) is 12.8 Å². The van der Waals surface area contributed by atoms with Gasteiger partial charge in [-0.2, -0.15) is 0 Å². The van der Waals surface area contributed by atoms with Gasteiger partial charge in [-0.15, -0.1) is 0 Å². The van der Waals surface area contributed by atoms with Crippen molar-refractivity contribution >= 4 is 17.0 Å². The lowest BCUT2D eigenvalue weighted by Crippen LogP contribution is -2.05. The fourth-order valence-corrected chi connectivity index (χ4v) is 6.98. The molecule has 1 nitrogen and oxygen atoms in total. The van der Waals surface area contributed by atoms with Crippen LogP contribution in [0.3, 0.4) is 0 Å². The zero-order valence-corrected chi connectivity index (χ0v) is 25.8. The molecule has 0 spiro atoms. The molecule has 0 amide bonds. The quantitative estimate of drug-likeness (QED) is 0.192. The topological polar surface area (TPSA) is 4.93 Å². The van der Waals surface area contributed by atoms with E-state index in [1.165, 1.54) is 83.5 Å². The fraction of sp³-hybridized carbons (Fsp3) is 0.0909. The summed E-state index contributed by atoms with van der Waals surface area (Å²) >= 11 is 0. The third kappa shape index (κ3) is 5.01. The zero-order chi connectivity index (χ0) is 30.3. The molecule has 8 rings (SSSR count). The summed E-state index contributed by atoms with van der Waals surface area (Å²) < 4.78 is 2.53. The number of allylic oxidation sites excluding steroid dienone is 1. The molecule has 216 valence electrons. The van der Waals surface area contributed by atoms with E-state index in [0.29, 0.717) is 0 Å². The molecule has 6 aromatic carbocycles. The number of rotatable bonds is 5. The minimum absolute atomic E-state index is 1.03. The second kappa shape index (κ2) is 11.3. The van der Waals surface area contributed by atoms with Crippen molar-refractivity contribution in [2.45, 2.75) is 26.7 Å². The molecule has 1 aliphatic carbocycles. The molecule has 0 saturated carbocycles. The molecule has 7 aromatic rings. The summed E-state index contributed by atoms with van der Waals surface area (Å²) in [5, 5.41) is 1.31. The van der Waals surface area contributed by atoms with Gasteiger partial charge in [0.15, 0.2) is 0 Å². The van der Waals surface area contributed by atoms with Crippen molar-refractivity contribution in [3.63, 3.8) is 0 Å². The summed E-state index contributed by atoms with van der Waals surface area (Å²) in [7, 11) is 0. The molecule has 0 aliphatic heterocycles. The third-order valence-electron chi connectivity index (χ3n) is 9.30. The van der Waals surface area contributed by atoms with E-state index in [1.54, 1.807) is 0 Å². The lowest BCUT2D eigenvalue weighted by molar-refractivity contribution is 0.856. The van der Waals surface area contributed by atoms with Gasteiger partial charge < -0.3 is 4.57 Å². The molecule has 1 heteroatoms. The highest BCUT2D eigenvalue weighted by Crippen LogP contribution is 2.40. The van der Waals surface area contributed by atoms with Crippen molar-refractivity contribution in [1.29, 1.82) is 0 Å². The molecule has 1 aromatic heterocycles. The highest BCUT2D eigenvalue weighted by atomic mass is 15.0. The van der Waals surface area contributed by atoms with Crippen LogP contribution in [0.1, 0.15) is 30.2 Å². The summed E-state index contributed by atoms with van der Waals surface area (Å²) in [4.78, 5) is 0. The molecular formula is C44H35N. The Labute approximate surface area is 265 Å². The van der Waals surface area contributed by atoms with Crippen LogP contribution in [0.2, 0.25) is 0 Å². The van der Waals surface area contributed by atoms with Gasteiger partial charge in [0.1, 0.15) is 0 Å². The van der Waals surface area contributed by atoms with Crippen molar-refractivity contribution in [2.75, 3.05) is 0 Å². The second-order valence-corrected chi connectivity index (χ2v) is 12.3. The van der Waals surface area contributed by atoms with E-state index in [2.05, 4.69) is 170 Å². The van der Waals surface area contributed by atoms with Crippen LogP contribution in [0.4, 0.5) is 0 Å². The van der Waals surface area contributed by atoms with E-state index in [4.69, 9.17) is 0 Å². The first-order valence-electron chi connectivity index (χ1n) is 15.9. The SMILES string of the molecule is CC1=Cc2c(n(-c3cc(-c4ccccc4)cc(-c4ccccc4)c3)c3ccc(-c4cccc(-c5ccccc5C)c4)cc23)CC1. The van der Waals surface area contributed by atoms with Crippen molar-refractivity contribution < 1.29 is 0 Å². The Kier molecular flexibility index (Phi) is 6.80. The second-order valence-electron chi connectivity index (χ2n) is 12.3. The molecule has 1 heterocycles. The van der Waals surface area contributed by atoms with E-state index in [-0.39, 0.29) is 0 Å². The van der Waals surface area contributed by atoms with Gasteiger partial charge in [0.05, 0.1) is 5.52 Å². The number of aromatic nitrogens is 1. The van der Waals surface area contributed by atoms with E-state index in [9.17, 15) is 0 Å². The maximum atomic E-state index is 2.53. The van der Waals surface area contributed by atoms with Crippen molar-refractivity contribution in [2.24, 2.45) is 0 Å². The van der Waals surface area contributed by atoms with E-state index >= 15 is 0 Å². The largest absolute Gasteiger partial charge is 0.313 e. The van der Waals surface area contributed by atoms with Crippen LogP contribution in [0.25, 0.3) is 67.2 Å². The van der Waals surface area contributed by atoms with Gasteiger partial charge >= 0.3 is 0 Å². The van der Waals surface area contributed by atoms with Crippen LogP contribution in [0, 0.1) is 6.92 Å². The Morgan fingerprint density at radius 2 is 1.07 bits per heavy atom. The summed E-state index contributed by atoms with van der Waals surface area (Å²) in [5.74, 6) is 0. The molecule has 0 N–H and O–H groups in total. The lowest BCUT2D eigenvalue weighted by Gasteiger charge is -2.18. The molecule has 0 bridgehead atoms. The first-order valence-corrected chi connectivity index (χ1v) is 15.9. The number of benzene rings is 6. The van der Waals surface area contributed by atoms with E-state index in [1.807, 2.05) is 0 Å². The number of hydrogen-bond donors (Lipinski definition) is 0. The lowest BCUT2D eigenvalue weighted by atomic mass is 9.94. The highest BCUT2D eigenvalue weighted by molar-refractivity contribution is 5.97. The first kappa shape index (κ1) is 27.2. The van der Waals surface area contributed by atoms with Crippen LogP contribution >= 0.6 is 0 Å². The molecule has 0 radical (unpaired) electrons. The molecular weight excluding hydrogens is 542 g/mol. The van der Waals surface area contributed by atoms with Crippen LogP contribution < -0.4 is 0 Å².